The van der Waals surface area contributed by atoms with Gasteiger partial charge in [-0.25, -0.2) is 0 Å². The Morgan fingerprint density at radius 3 is 2.16 bits per heavy atom. The van der Waals surface area contributed by atoms with Gasteiger partial charge in [-0.2, -0.15) is 4.57 Å². The summed E-state index contributed by atoms with van der Waals surface area (Å²) < 4.78 is 2.38. The van der Waals surface area contributed by atoms with Crippen LogP contribution in [0.25, 0.3) is 22.0 Å². The third kappa shape index (κ3) is 3.82. The SMILES string of the molecule is CCc1cc(CC)c(C)c(-c2c3ccc([Si](C)(C)c4ccccc4)cc3cc(C)[n+]2C)c1. The number of hydrogen-bond donors (Lipinski definition) is 0. The molecule has 0 atom stereocenters. The van der Waals surface area contributed by atoms with E-state index in [1.54, 1.807) is 0 Å². The van der Waals surface area contributed by atoms with Crippen LogP contribution in [-0.2, 0) is 19.9 Å². The maximum Gasteiger partial charge on any atom is 0.220 e. The van der Waals surface area contributed by atoms with Crippen molar-refractivity contribution in [1.82, 2.24) is 0 Å². The monoisotopic (exact) mass is 438 g/mol. The molecule has 4 rings (SSSR count). The number of aryl methyl sites for hydroxylation is 3. The number of fused-ring (bicyclic) bond motifs is 1. The van der Waals surface area contributed by atoms with Gasteiger partial charge in [-0.1, -0.05) is 85.8 Å². The zero-order chi connectivity index (χ0) is 23.0. The molecule has 4 aromatic rings. The van der Waals surface area contributed by atoms with E-state index >= 15 is 0 Å². The second-order valence-corrected chi connectivity index (χ2v) is 14.0. The largest absolute Gasteiger partial charge is 0.220 e. The Morgan fingerprint density at radius 1 is 0.781 bits per heavy atom. The summed E-state index contributed by atoms with van der Waals surface area (Å²) >= 11 is 0. The van der Waals surface area contributed by atoms with Gasteiger partial charge in [0.15, 0.2) is 5.69 Å². The number of rotatable bonds is 5. The number of benzene rings is 3. The average molecular weight is 439 g/mol. The molecule has 0 saturated heterocycles. The van der Waals surface area contributed by atoms with Gasteiger partial charge in [-0.15, -0.1) is 0 Å². The van der Waals surface area contributed by atoms with Gasteiger partial charge in [-0.3, -0.25) is 0 Å². The fourth-order valence-electron chi connectivity index (χ4n) is 4.97. The van der Waals surface area contributed by atoms with Crippen LogP contribution in [0.1, 0.15) is 36.2 Å². The van der Waals surface area contributed by atoms with Crippen LogP contribution in [0.4, 0.5) is 0 Å². The molecule has 0 saturated carbocycles. The highest BCUT2D eigenvalue weighted by Gasteiger charge is 2.27. The minimum absolute atomic E-state index is 1.06. The molecule has 0 radical (unpaired) electrons. The Kier molecular flexibility index (Phi) is 6.09. The van der Waals surface area contributed by atoms with Crippen molar-refractivity contribution in [3.05, 3.63) is 89.1 Å². The summed E-state index contributed by atoms with van der Waals surface area (Å²) in [6.07, 6.45) is 2.13. The van der Waals surface area contributed by atoms with Crippen molar-refractivity contribution >= 4 is 29.2 Å². The zero-order valence-electron chi connectivity index (χ0n) is 20.7. The van der Waals surface area contributed by atoms with Crippen LogP contribution in [-0.4, -0.2) is 8.07 Å². The van der Waals surface area contributed by atoms with Gasteiger partial charge in [0.25, 0.3) is 0 Å². The quantitative estimate of drug-likeness (QED) is 0.270. The summed E-state index contributed by atoms with van der Waals surface area (Å²) in [6, 6.07) is 25.4. The van der Waals surface area contributed by atoms with Crippen molar-refractivity contribution in [2.75, 3.05) is 0 Å². The average Bonchev–Trinajstić information content (AvgIpc) is 2.80. The van der Waals surface area contributed by atoms with Crippen molar-refractivity contribution in [1.29, 1.82) is 0 Å². The van der Waals surface area contributed by atoms with E-state index in [9.17, 15) is 0 Å². The lowest BCUT2D eigenvalue weighted by Crippen LogP contribution is -2.52. The fourth-order valence-corrected chi connectivity index (χ4v) is 7.35. The van der Waals surface area contributed by atoms with Crippen molar-refractivity contribution in [2.24, 2.45) is 7.05 Å². The van der Waals surface area contributed by atoms with Crippen molar-refractivity contribution < 1.29 is 4.57 Å². The fraction of sp³-hybridized carbons (Fsp3) is 0.300. The Morgan fingerprint density at radius 2 is 1.50 bits per heavy atom. The standard InChI is InChI=1S/C30H36NSi/c1-8-23-18-24(9-2)22(4)29(19-23)30-28-16-15-27(20-25(28)17-21(3)31(30)5)32(6,7)26-13-11-10-12-14-26/h10-20H,8-9H2,1-7H3/q+1. The molecule has 1 heterocycles. The molecule has 0 aliphatic heterocycles. The van der Waals surface area contributed by atoms with Gasteiger partial charge < -0.3 is 0 Å². The highest BCUT2D eigenvalue weighted by atomic mass is 28.3. The van der Waals surface area contributed by atoms with Gasteiger partial charge in [0.1, 0.15) is 15.1 Å². The first kappa shape index (κ1) is 22.5. The van der Waals surface area contributed by atoms with E-state index in [2.05, 4.69) is 119 Å². The topological polar surface area (TPSA) is 3.88 Å². The minimum atomic E-state index is -1.75. The molecule has 0 unspecified atom stereocenters. The second kappa shape index (κ2) is 8.67. The molecule has 2 heteroatoms. The molecular formula is C30H36NSi+. The number of hydrogen-bond acceptors (Lipinski definition) is 0. The van der Waals surface area contributed by atoms with Crippen LogP contribution in [0.2, 0.25) is 13.1 Å². The smallest absolute Gasteiger partial charge is 0.198 e. The van der Waals surface area contributed by atoms with Gasteiger partial charge in [-0.05, 0) is 54.0 Å². The lowest BCUT2D eigenvalue weighted by molar-refractivity contribution is -0.665. The normalized spacial score (nSPS) is 11.8. The molecular weight excluding hydrogens is 402 g/mol. The Bertz CT molecular complexity index is 1290. The Hall–Kier alpha value is -2.71. The summed E-state index contributed by atoms with van der Waals surface area (Å²) in [5, 5.41) is 5.67. The lowest BCUT2D eigenvalue weighted by atomic mass is 9.92. The molecule has 0 fully saturated rings. The number of nitrogens with zero attached hydrogens (tertiary/aromatic N) is 1. The molecule has 0 amide bonds. The summed E-state index contributed by atoms with van der Waals surface area (Å²) in [7, 11) is 0.465. The Balaban J connectivity index is 1.98. The molecule has 32 heavy (non-hydrogen) atoms. The van der Waals surface area contributed by atoms with E-state index in [4.69, 9.17) is 0 Å². The second-order valence-electron chi connectivity index (χ2n) is 9.62. The predicted molar refractivity (Wildman–Crippen MR) is 142 cm³/mol. The van der Waals surface area contributed by atoms with Crippen molar-refractivity contribution in [3.8, 4) is 11.3 Å². The van der Waals surface area contributed by atoms with Crippen LogP contribution in [0.3, 0.4) is 0 Å². The summed E-state index contributed by atoms with van der Waals surface area (Å²) in [5.41, 5.74) is 8.31. The molecule has 0 spiro atoms. The van der Waals surface area contributed by atoms with Gasteiger partial charge >= 0.3 is 0 Å². The molecule has 3 aromatic carbocycles. The van der Waals surface area contributed by atoms with Crippen molar-refractivity contribution in [3.63, 3.8) is 0 Å². The molecule has 164 valence electrons. The minimum Gasteiger partial charge on any atom is -0.198 e. The third-order valence-corrected chi connectivity index (χ3v) is 10.9. The number of pyridine rings is 1. The van der Waals surface area contributed by atoms with Crippen molar-refractivity contribution in [2.45, 2.75) is 53.6 Å². The summed E-state index contributed by atoms with van der Waals surface area (Å²) in [6.45, 7) is 14.0. The molecule has 1 aromatic heterocycles. The van der Waals surface area contributed by atoms with E-state index in [1.807, 2.05) is 0 Å². The van der Waals surface area contributed by atoms with Crippen LogP contribution in [0.5, 0.6) is 0 Å². The van der Waals surface area contributed by atoms with E-state index in [0.717, 1.165) is 12.8 Å². The van der Waals surface area contributed by atoms with E-state index < -0.39 is 8.07 Å². The maximum atomic E-state index is 2.46. The maximum absolute atomic E-state index is 2.46. The zero-order valence-corrected chi connectivity index (χ0v) is 21.7. The van der Waals surface area contributed by atoms with E-state index in [0.29, 0.717) is 0 Å². The number of aromatic nitrogens is 1. The van der Waals surface area contributed by atoms with E-state index in [1.165, 1.54) is 54.8 Å². The van der Waals surface area contributed by atoms with Crippen LogP contribution < -0.4 is 14.9 Å². The van der Waals surface area contributed by atoms with Gasteiger partial charge in [0, 0.05) is 13.0 Å². The first-order valence-electron chi connectivity index (χ1n) is 11.9. The first-order chi connectivity index (χ1) is 15.3. The molecule has 0 aliphatic rings. The molecule has 1 nitrogen and oxygen atoms in total. The van der Waals surface area contributed by atoms with Crippen LogP contribution in [0.15, 0.2) is 66.7 Å². The highest BCUT2D eigenvalue weighted by molar-refractivity contribution is 7.00. The van der Waals surface area contributed by atoms with Gasteiger partial charge in [0.2, 0.25) is 5.69 Å². The van der Waals surface area contributed by atoms with Crippen LogP contribution >= 0.6 is 0 Å². The lowest BCUT2D eigenvalue weighted by Gasteiger charge is -2.24. The van der Waals surface area contributed by atoms with Crippen LogP contribution in [0, 0.1) is 13.8 Å². The van der Waals surface area contributed by atoms with E-state index in [-0.39, 0.29) is 0 Å². The molecule has 0 aliphatic carbocycles. The Labute approximate surface area is 194 Å². The summed E-state index contributed by atoms with van der Waals surface area (Å²) in [5.74, 6) is 0. The first-order valence-corrected chi connectivity index (χ1v) is 14.9. The molecule has 0 bridgehead atoms. The predicted octanol–water partition coefficient (Wildman–Crippen LogP) is 5.90. The third-order valence-electron chi connectivity index (χ3n) is 7.37. The molecule has 0 N–H and O–H groups in total. The highest BCUT2D eigenvalue weighted by Crippen LogP contribution is 2.32. The summed E-state index contributed by atoms with van der Waals surface area (Å²) in [4.78, 5) is 0. The van der Waals surface area contributed by atoms with Gasteiger partial charge in [0.05, 0.1) is 10.9 Å².